The molecule has 0 unspecified atom stereocenters. The standard InChI is InChI=1S/C26H25FN4O2S/c27-22-6-2-1-4-20(22)17-34-26-30-23-11-12-28-15-24(23)31(26)16-18-7-9-19(10-8-18)25(32)29-14-21-5-3-13-33-21/h1-2,4,6-12,15,21H,3,5,13-14,16-17H2,(H,29,32)/t21-/m0/s1. The van der Waals surface area contributed by atoms with Crippen LogP contribution in [0.2, 0.25) is 0 Å². The third kappa shape index (κ3) is 5.13. The molecule has 0 bridgehead atoms. The summed E-state index contributed by atoms with van der Waals surface area (Å²) in [6.45, 7) is 1.88. The van der Waals surface area contributed by atoms with E-state index in [4.69, 9.17) is 9.72 Å². The van der Waals surface area contributed by atoms with Crippen molar-refractivity contribution in [3.8, 4) is 0 Å². The third-order valence-electron chi connectivity index (χ3n) is 5.90. The topological polar surface area (TPSA) is 69.0 Å². The van der Waals surface area contributed by atoms with Crippen LogP contribution in [0.1, 0.15) is 34.3 Å². The van der Waals surface area contributed by atoms with Crippen molar-refractivity contribution in [2.24, 2.45) is 0 Å². The van der Waals surface area contributed by atoms with Gasteiger partial charge >= 0.3 is 0 Å². The molecule has 1 aliphatic heterocycles. The lowest BCUT2D eigenvalue weighted by Gasteiger charge is -2.12. The average molecular weight is 477 g/mol. The van der Waals surface area contributed by atoms with Gasteiger partial charge in [0.05, 0.1) is 29.9 Å². The second-order valence-corrected chi connectivity index (χ2v) is 9.21. The molecular formula is C26H25FN4O2S. The fourth-order valence-electron chi connectivity index (χ4n) is 4.03. The highest BCUT2D eigenvalue weighted by atomic mass is 32.2. The Morgan fingerprint density at radius 1 is 1.18 bits per heavy atom. The first kappa shape index (κ1) is 22.6. The van der Waals surface area contributed by atoms with Crippen molar-refractivity contribution in [1.29, 1.82) is 0 Å². The van der Waals surface area contributed by atoms with E-state index in [0.29, 0.717) is 30.0 Å². The zero-order valence-electron chi connectivity index (χ0n) is 18.6. The lowest BCUT2D eigenvalue weighted by atomic mass is 10.1. The van der Waals surface area contributed by atoms with Crippen LogP contribution in [-0.2, 0) is 17.0 Å². The molecule has 1 atom stereocenters. The maximum atomic E-state index is 14.1. The molecule has 1 N–H and O–H groups in total. The van der Waals surface area contributed by atoms with Gasteiger partial charge in [-0.2, -0.15) is 0 Å². The summed E-state index contributed by atoms with van der Waals surface area (Å²) < 4.78 is 21.8. The van der Waals surface area contributed by atoms with Crippen molar-refractivity contribution in [2.75, 3.05) is 13.2 Å². The zero-order valence-corrected chi connectivity index (χ0v) is 19.4. The summed E-state index contributed by atoms with van der Waals surface area (Å²) in [4.78, 5) is 21.5. The molecule has 174 valence electrons. The van der Waals surface area contributed by atoms with Gasteiger partial charge < -0.3 is 14.6 Å². The van der Waals surface area contributed by atoms with Crippen LogP contribution in [-0.4, -0.2) is 39.7 Å². The van der Waals surface area contributed by atoms with Crippen molar-refractivity contribution < 1.29 is 13.9 Å². The number of aromatic nitrogens is 3. The summed E-state index contributed by atoms with van der Waals surface area (Å²) in [6, 6.07) is 16.2. The normalized spacial score (nSPS) is 15.6. The maximum absolute atomic E-state index is 14.1. The minimum Gasteiger partial charge on any atom is -0.376 e. The first-order valence-electron chi connectivity index (χ1n) is 11.3. The molecule has 2 aromatic heterocycles. The van der Waals surface area contributed by atoms with E-state index in [9.17, 15) is 9.18 Å². The summed E-state index contributed by atoms with van der Waals surface area (Å²) in [7, 11) is 0. The molecule has 5 rings (SSSR count). The maximum Gasteiger partial charge on any atom is 0.251 e. The Labute approximate surface area is 201 Å². The number of fused-ring (bicyclic) bond motifs is 1. The largest absolute Gasteiger partial charge is 0.376 e. The number of hydrogen-bond donors (Lipinski definition) is 1. The van der Waals surface area contributed by atoms with Crippen LogP contribution < -0.4 is 5.32 Å². The van der Waals surface area contributed by atoms with Gasteiger partial charge in [0.15, 0.2) is 5.16 Å². The van der Waals surface area contributed by atoms with E-state index in [2.05, 4.69) is 14.9 Å². The van der Waals surface area contributed by atoms with Crippen LogP contribution in [0.15, 0.2) is 72.1 Å². The fraction of sp³-hybridized carbons (Fsp3) is 0.269. The van der Waals surface area contributed by atoms with Gasteiger partial charge in [-0.15, -0.1) is 0 Å². The molecule has 1 aliphatic rings. The molecule has 1 amide bonds. The lowest BCUT2D eigenvalue weighted by molar-refractivity contribution is 0.0858. The zero-order chi connectivity index (χ0) is 23.3. The molecular weight excluding hydrogens is 451 g/mol. The van der Waals surface area contributed by atoms with E-state index in [1.54, 1.807) is 24.5 Å². The quantitative estimate of drug-likeness (QED) is 0.369. The Morgan fingerprint density at radius 2 is 2.03 bits per heavy atom. The van der Waals surface area contributed by atoms with Gasteiger partial charge in [-0.1, -0.05) is 42.1 Å². The monoisotopic (exact) mass is 476 g/mol. The number of pyridine rings is 1. The summed E-state index contributed by atoms with van der Waals surface area (Å²) in [5, 5.41) is 3.75. The molecule has 1 saturated heterocycles. The number of amides is 1. The SMILES string of the molecule is O=C(NC[C@@H]1CCCO1)c1ccc(Cn2c(SCc3ccccc3F)nc3ccncc32)cc1. The van der Waals surface area contributed by atoms with Crippen LogP contribution in [0.5, 0.6) is 0 Å². The molecule has 0 aliphatic carbocycles. The second-order valence-electron chi connectivity index (χ2n) is 8.27. The van der Waals surface area contributed by atoms with E-state index >= 15 is 0 Å². The summed E-state index contributed by atoms with van der Waals surface area (Å²) in [5.41, 5.74) is 4.05. The fourth-order valence-corrected chi connectivity index (χ4v) is 5.03. The van der Waals surface area contributed by atoms with Crippen molar-refractivity contribution >= 4 is 28.7 Å². The number of imidazole rings is 1. The van der Waals surface area contributed by atoms with Gasteiger partial charge in [-0.05, 0) is 48.2 Å². The number of carbonyl (C=O) groups excluding carboxylic acids is 1. The van der Waals surface area contributed by atoms with E-state index < -0.39 is 0 Å². The highest BCUT2D eigenvalue weighted by molar-refractivity contribution is 7.98. The van der Waals surface area contributed by atoms with Crippen LogP contribution in [0.3, 0.4) is 0 Å². The van der Waals surface area contributed by atoms with Gasteiger partial charge in [0, 0.05) is 30.7 Å². The number of hydrogen-bond acceptors (Lipinski definition) is 5. The highest BCUT2D eigenvalue weighted by Gasteiger charge is 2.17. The van der Waals surface area contributed by atoms with E-state index in [1.165, 1.54) is 17.8 Å². The molecule has 8 heteroatoms. The summed E-state index contributed by atoms with van der Waals surface area (Å²) in [5.74, 6) is 0.168. The van der Waals surface area contributed by atoms with Gasteiger partial charge in [0.1, 0.15) is 5.82 Å². The smallest absolute Gasteiger partial charge is 0.251 e. The van der Waals surface area contributed by atoms with Crippen LogP contribution in [0.4, 0.5) is 4.39 Å². The number of nitrogens with zero attached hydrogens (tertiary/aromatic N) is 3. The van der Waals surface area contributed by atoms with Crippen LogP contribution >= 0.6 is 11.8 Å². The Kier molecular flexibility index (Phi) is 6.87. The molecule has 0 radical (unpaired) electrons. The molecule has 3 heterocycles. The predicted octanol–water partition coefficient (Wildman–Crippen LogP) is 4.82. The van der Waals surface area contributed by atoms with Gasteiger partial charge in [-0.25, -0.2) is 9.37 Å². The molecule has 0 saturated carbocycles. The number of benzene rings is 2. The molecule has 4 aromatic rings. The van der Waals surface area contributed by atoms with Gasteiger partial charge in [0.25, 0.3) is 5.91 Å². The number of rotatable bonds is 8. The van der Waals surface area contributed by atoms with Crippen molar-refractivity contribution in [3.63, 3.8) is 0 Å². The number of nitrogens with one attached hydrogen (secondary N) is 1. The number of carbonyl (C=O) groups is 1. The van der Waals surface area contributed by atoms with Crippen LogP contribution in [0.25, 0.3) is 11.0 Å². The minimum atomic E-state index is -0.215. The second kappa shape index (κ2) is 10.4. The summed E-state index contributed by atoms with van der Waals surface area (Å²) in [6.07, 6.45) is 5.67. The number of ether oxygens (including phenoxy) is 1. The molecule has 6 nitrogen and oxygen atoms in total. The first-order valence-corrected chi connectivity index (χ1v) is 12.3. The molecule has 34 heavy (non-hydrogen) atoms. The van der Waals surface area contributed by atoms with E-state index in [1.807, 2.05) is 36.4 Å². The van der Waals surface area contributed by atoms with Crippen molar-refractivity contribution in [1.82, 2.24) is 19.9 Å². The Bertz CT molecular complexity index is 1290. The Morgan fingerprint density at radius 3 is 2.82 bits per heavy atom. The minimum absolute atomic E-state index is 0.0968. The van der Waals surface area contributed by atoms with Crippen molar-refractivity contribution in [2.45, 2.75) is 36.4 Å². The average Bonchev–Trinajstić information content (AvgIpc) is 3.51. The first-order chi connectivity index (χ1) is 16.7. The third-order valence-corrected chi connectivity index (χ3v) is 6.93. The summed E-state index contributed by atoms with van der Waals surface area (Å²) >= 11 is 1.49. The lowest BCUT2D eigenvalue weighted by Crippen LogP contribution is -2.31. The van der Waals surface area contributed by atoms with E-state index in [0.717, 1.165) is 41.2 Å². The number of halogens is 1. The van der Waals surface area contributed by atoms with Crippen LogP contribution in [0, 0.1) is 5.82 Å². The van der Waals surface area contributed by atoms with E-state index in [-0.39, 0.29) is 17.8 Å². The highest BCUT2D eigenvalue weighted by Crippen LogP contribution is 2.28. The molecule has 0 spiro atoms. The Balaban J connectivity index is 1.31. The predicted molar refractivity (Wildman–Crippen MR) is 130 cm³/mol. The van der Waals surface area contributed by atoms with Crippen molar-refractivity contribution in [3.05, 3.63) is 89.5 Å². The Hall–Kier alpha value is -3.23. The van der Waals surface area contributed by atoms with Gasteiger partial charge in [0.2, 0.25) is 0 Å². The van der Waals surface area contributed by atoms with Gasteiger partial charge in [-0.3, -0.25) is 9.78 Å². The molecule has 1 fully saturated rings. The molecule has 2 aromatic carbocycles. The number of thioether (sulfide) groups is 1.